The molecule has 1 aliphatic heterocycles. The van der Waals surface area contributed by atoms with Gasteiger partial charge in [-0.05, 0) is 31.0 Å². The highest BCUT2D eigenvalue weighted by molar-refractivity contribution is 5.76. The van der Waals surface area contributed by atoms with Crippen molar-refractivity contribution in [2.24, 2.45) is 0 Å². The number of aromatic nitrogens is 2. The third kappa shape index (κ3) is 4.62. The topological polar surface area (TPSA) is 87.8 Å². The van der Waals surface area contributed by atoms with Crippen molar-refractivity contribution >= 4 is 5.91 Å². The Labute approximate surface area is 152 Å². The Morgan fingerprint density at radius 1 is 1.27 bits per heavy atom. The number of aryl methyl sites for hydroxylation is 1. The zero-order chi connectivity index (χ0) is 18.4. The second-order valence-corrected chi connectivity index (χ2v) is 6.42. The maximum absolute atomic E-state index is 12.5. The predicted octanol–water partition coefficient (Wildman–Crippen LogP) is 1.50. The molecule has 140 valence electrons. The first kappa shape index (κ1) is 18.4. The van der Waals surface area contributed by atoms with E-state index in [0.29, 0.717) is 44.8 Å². The van der Waals surface area contributed by atoms with Gasteiger partial charge in [-0.15, -0.1) is 0 Å². The fraction of sp³-hybridized carbons (Fsp3) is 0.474. The van der Waals surface area contributed by atoms with Crippen molar-refractivity contribution in [3.63, 3.8) is 0 Å². The van der Waals surface area contributed by atoms with Crippen LogP contribution >= 0.6 is 0 Å². The van der Waals surface area contributed by atoms with Crippen molar-refractivity contribution < 1.29 is 19.7 Å². The number of aliphatic hydroxyl groups is 2. The molecular weight excluding hydrogens is 334 g/mol. The van der Waals surface area contributed by atoms with Gasteiger partial charge in [0.1, 0.15) is 11.9 Å². The Kier molecular flexibility index (Phi) is 6.25. The number of hydrogen-bond donors (Lipinski definition) is 2. The summed E-state index contributed by atoms with van der Waals surface area (Å²) >= 11 is 0. The van der Waals surface area contributed by atoms with Crippen LogP contribution in [0.15, 0.2) is 36.4 Å². The molecule has 0 radical (unpaired) electrons. The fourth-order valence-corrected chi connectivity index (χ4v) is 3.04. The van der Waals surface area contributed by atoms with Gasteiger partial charge < -0.3 is 19.8 Å². The lowest BCUT2D eigenvalue weighted by molar-refractivity contribution is -0.132. The quantitative estimate of drug-likeness (QED) is 0.732. The molecule has 0 aliphatic carbocycles. The first-order valence-electron chi connectivity index (χ1n) is 8.98. The van der Waals surface area contributed by atoms with E-state index in [1.165, 1.54) is 0 Å². The van der Waals surface area contributed by atoms with Crippen molar-refractivity contribution in [2.75, 3.05) is 19.8 Å². The van der Waals surface area contributed by atoms with Gasteiger partial charge in [-0.3, -0.25) is 9.48 Å². The molecule has 1 aromatic heterocycles. The zero-order valence-electron chi connectivity index (χ0n) is 14.8. The molecule has 26 heavy (non-hydrogen) atoms. The molecule has 1 aromatic carbocycles. The molecule has 0 saturated heterocycles. The zero-order valence-corrected chi connectivity index (χ0v) is 14.8. The summed E-state index contributed by atoms with van der Waals surface area (Å²) in [5.41, 5.74) is 1.34. The number of para-hydroxylation sites is 1. The average molecular weight is 359 g/mol. The molecule has 7 nitrogen and oxygen atoms in total. The van der Waals surface area contributed by atoms with Crippen LogP contribution in [0.4, 0.5) is 0 Å². The minimum Gasteiger partial charge on any atom is -0.494 e. The van der Waals surface area contributed by atoms with Crippen LogP contribution in [0.5, 0.6) is 5.75 Å². The van der Waals surface area contributed by atoms with E-state index in [1.807, 2.05) is 39.9 Å². The predicted molar refractivity (Wildman–Crippen MR) is 95.5 cm³/mol. The Bertz CT molecular complexity index is 717. The number of fused-ring (bicyclic) bond motifs is 1. The summed E-state index contributed by atoms with van der Waals surface area (Å²) in [5.74, 6) is 0.911. The highest BCUT2D eigenvalue weighted by atomic mass is 16.5. The summed E-state index contributed by atoms with van der Waals surface area (Å²) < 4.78 is 7.45. The number of amides is 1. The largest absolute Gasteiger partial charge is 0.494 e. The van der Waals surface area contributed by atoms with Gasteiger partial charge in [0.15, 0.2) is 0 Å². The number of nitrogens with zero attached hydrogens (tertiary/aromatic N) is 3. The molecule has 0 bridgehead atoms. The molecule has 0 unspecified atom stereocenters. The summed E-state index contributed by atoms with van der Waals surface area (Å²) in [6, 6.07) is 11.3. The maximum Gasteiger partial charge on any atom is 0.223 e. The molecule has 2 N–H and O–H groups in total. The molecule has 1 atom stereocenters. The summed E-state index contributed by atoms with van der Waals surface area (Å²) in [6.45, 7) is 2.02. The number of hydrogen-bond acceptors (Lipinski definition) is 5. The van der Waals surface area contributed by atoms with Gasteiger partial charge in [0, 0.05) is 19.5 Å². The van der Waals surface area contributed by atoms with E-state index in [2.05, 4.69) is 5.10 Å². The molecule has 1 amide bonds. The first-order valence-corrected chi connectivity index (χ1v) is 8.98. The van der Waals surface area contributed by atoms with Gasteiger partial charge >= 0.3 is 0 Å². The second kappa shape index (κ2) is 8.82. The monoisotopic (exact) mass is 359 g/mol. The molecule has 2 aromatic rings. The van der Waals surface area contributed by atoms with Gasteiger partial charge in [-0.1, -0.05) is 18.2 Å². The van der Waals surface area contributed by atoms with Gasteiger partial charge in [-0.25, -0.2) is 0 Å². The Balaban J connectivity index is 1.50. The van der Waals surface area contributed by atoms with E-state index in [0.717, 1.165) is 17.9 Å². The van der Waals surface area contributed by atoms with Crippen molar-refractivity contribution in [1.29, 1.82) is 0 Å². The average Bonchev–Trinajstić information content (AvgIpc) is 2.96. The Hall–Kier alpha value is -2.38. The Morgan fingerprint density at radius 2 is 2.08 bits per heavy atom. The summed E-state index contributed by atoms with van der Waals surface area (Å²) in [5, 5.41) is 23.1. The number of rotatable bonds is 7. The minimum atomic E-state index is -0.978. The SMILES string of the molecule is O=C(CCCOc1ccccc1)N1CCCn2nc([C@H](O)CO)cc2C1. The van der Waals surface area contributed by atoms with E-state index in [1.54, 1.807) is 6.07 Å². The third-order valence-corrected chi connectivity index (χ3v) is 4.45. The summed E-state index contributed by atoms with van der Waals surface area (Å²) in [4.78, 5) is 14.4. The highest BCUT2D eigenvalue weighted by Crippen LogP contribution is 2.19. The lowest BCUT2D eigenvalue weighted by atomic mass is 10.2. The van der Waals surface area contributed by atoms with Crippen LogP contribution in [0.1, 0.15) is 36.8 Å². The van der Waals surface area contributed by atoms with E-state index in [-0.39, 0.29) is 12.5 Å². The molecule has 1 aliphatic rings. The highest BCUT2D eigenvalue weighted by Gasteiger charge is 2.22. The van der Waals surface area contributed by atoms with E-state index in [9.17, 15) is 9.90 Å². The van der Waals surface area contributed by atoms with E-state index < -0.39 is 6.10 Å². The van der Waals surface area contributed by atoms with Gasteiger partial charge in [0.2, 0.25) is 5.91 Å². The van der Waals surface area contributed by atoms with Gasteiger partial charge in [-0.2, -0.15) is 5.10 Å². The molecule has 2 heterocycles. The van der Waals surface area contributed by atoms with Crippen molar-refractivity contribution in [3.05, 3.63) is 47.8 Å². The van der Waals surface area contributed by atoms with Crippen LogP contribution in [-0.2, 0) is 17.9 Å². The van der Waals surface area contributed by atoms with Crippen LogP contribution < -0.4 is 4.74 Å². The van der Waals surface area contributed by atoms with Crippen LogP contribution in [-0.4, -0.2) is 50.6 Å². The third-order valence-electron chi connectivity index (χ3n) is 4.45. The number of carbonyl (C=O) groups excluding carboxylic acids is 1. The smallest absolute Gasteiger partial charge is 0.223 e. The lowest BCUT2D eigenvalue weighted by Crippen LogP contribution is -2.30. The standard InChI is InChI=1S/C19H25N3O4/c23-14-18(24)17-12-15-13-21(9-5-10-22(15)20-17)19(25)8-4-11-26-16-6-2-1-3-7-16/h1-3,6-7,12,18,23-24H,4-5,8-11,13-14H2/t18-/m1/s1. The van der Waals surface area contributed by atoms with Crippen LogP contribution in [0, 0.1) is 0 Å². The number of carbonyl (C=O) groups is 1. The molecule has 7 heteroatoms. The van der Waals surface area contributed by atoms with Gasteiger partial charge in [0.05, 0.1) is 31.1 Å². The van der Waals surface area contributed by atoms with Crippen molar-refractivity contribution in [2.45, 2.75) is 38.5 Å². The minimum absolute atomic E-state index is 0.0977. The van der Waals surface area contributed by atoms with Gasteiger partial charge in [0.25, 0.3) is 0 Å². The number of benzene rings is 1. The maximum atomic E-state index is 12.5. The van der Waals surface area contributed by atoms with Crippen LogP contribution in [0.2, 0.25) is 0 Å². The molecular formula is C19H25N3O4. The summed E-state index contributed by atoms with van der Waals surface area (Å²) in [6.07, 6.45) is 0.939. The number of ether oxygens (including phenoxy) is 1. The number of aliphatic hydroxyl groups excluding tert-OH is 2. The molecule has 0 saturated carbocycles. The molecule has 0 fully saturated rings. The van der Waals surface area contributed by atoms with E-state index >= 15 is 0 Å². The fourth-order valence-electron chi connectivity index (χ4n) is 3.04. The summed E-state index contributed by atoms with van der Waals surface area (Å²) in [7, 11) is 0. The first-order chi connectivity index (χ1) is 12.7. The lowest BCUT2D eigenvalue weighted by Gasteiger charge is -2.20. The molecule has 3 rings (SSSR count). The van der Waals surface area contributed by atoms with Crippen molar-refractivity contribution in [3.8, 4) is 5.75 Å². The van der Waals surface area contributed by atoms with Crippen molar-refractivity contribution in [1.82, 2.24) is 14.7 Å². The Morgan fingerprint density at radius 3 is 2.85 bits per heavy atom. The van der Waals surface area contributed by atoms with E-state index in [4.69, 9.17) is 9.84 Å². The molecule has 0 spiro atoms. The van der Waals surface area contributed by atoms with Crippen LogP contribution in [0.25, 0.3) is 0 Å². The normalized spacial score (nSPS) is 15.2. The van der Waals surface area contributed by atoms with Crippen LogP contribution in [0.3, 0.4) is 0 Å². The second-order valence-electron chi connectivity index (χ2n) is 6.42.